The van der Waals surface area contributed by atoms with Crippen LogP contribution in [0.15, 0.2) is 0 Å². The van der Waals surface area contributed by atoms with Crippen LogP contribution < -0.4 is 5.32 Å². The van der Waals surface area contributed by atoms with Gasteiger partial charge in [0.2, 0.25) is 0 Å². The van der Waals surface area contributed by atoms with Crippen molar-refractivity contribution in [2.45, 2.75) is 82.4 Å². The van der Waals surface area contributed by atoms with Crippen LogP contribution in [-0.2, 0) is 4.74 Å². The van der Waals surface area contributed by atoms with Crippen molar-refractivity contribution in [2.75, 3.05) is 7.11 Å². The van der Waals surface area contributed by atoms with Crippen LogP contribution in [-0.4, -0.2) is 25.3 Å². The van der Waals surface area contributed by atoms with Crippen LogP contribution >= 0.6 is 0 Å². The van der Waals surface area contributed by atoms with Gasteiger partial charge < -0.3 is 10.1 Å². The van der Waals surface area contributed by atoms with Crippen LogP contribution in [0.4, 0.5) is 0 Å². The van der Waals surface area contributed by atoms with Crippen LogP contribution in [0.2, 0.25) is 0 Å². The first-order chi connectivity index (χ1) is 8.34. The van der Waals surface area contributed by atoms with E-state index in [1.807, 2.05) is 7.11 Å². The molecule has 0 radical (unpaired) electrons. The first kappa shape index (κ1) is 12.0. The van der Waals surface area contributed by atoms with Gasteiger partial charge in [0.05, 0.1) is 6.10 Å². The molecule has 3 fully saturated rings. The van der Waals surface area contributed by atoms with Gasteiger partial charge in [-0.05, 0) is 50.4 Å². The second-order valence-corrected chi connectivity index (χ2v) is 6.49. The summed E-state index contributed by atoms with van der Waals surface area (Å²) in [5, 5.41) is 3.95. The zero-order valence-corrected chi connectivity index (χ0v) is 11.2. The molecule has 0 bridgehead atoms. The van der Waals surface area contributed by atoms with E-state index in [9.17, 15) is 0 Å². The predicted octanol–water partition coefficient (Wildman–Crippen LogP) is 3.26. The molecule has 0 aromatic rings. The van der Waals surface area contributed by atoms with E-state index in [1.165, 1.54) is 64.2 Å². The second kappa shape index (κ2) is 4.89. The van der Waals surface area contributed by atoms with Crippen LogP contribution in [0.1, 0.15) is 64.2 Å². The summed E-state index contributed by atoms with van der Waals surface area (Å²) < 4.78 is 5.61. The Labute approximate surface area is 105 Å². The molecule has 2 nitrogen and oxygen atoms in total. The minimum atomic E-state index is 0.483. The number of rotatable bonds is 3. The smallest absolute Gasteiger partial charge is 0.0724 e. The van der Waals surface area contributed by atoms with Gasteiger partial charge in [0.25, 0.3) is 0 Å². The molecule has 0 saturated heterocycles. The molecule has 3 unspecified atom stereocenters. The van der Waals surface area contributed by atoms with Crippen molar-refractivity contribution in [3.63, 3.8) is 0 Å². The number of ether oxygens (including phenoxy) is 1. The van der Waals surface area contributed by atoms with Crippen LogP contribution in [0.5, 0.6) is 0 Å². The second-order valence-electron chi connectivity index (χ2n) is 6.49. The number of methoxy groups -OCH3 is 1. The van der Waals surface area contributed by atoms with Gasteiger partial charge in [-0.25, -0.2) is 0 Å². The monoisotopic (exact) mass is 237 g/mol. The lowest BCUT2D eigenvalue weighted by Gasteiger charge is -2.53. The normalized spacial score (nSPS) is 40.4. The summed E-state index contributed by atoms with van der Waals surface area (Å²) in [4.78, 5) is 0. The van der Waals surface area contributed by atoms with Gasteiger partial charge >= 0.3 is 0 Å². The van der Waals surface area contributed by atoms with Crippen LogP contribution in [0, 0.1) is 5.41 Å². The third kappa shape index (κ3) is 2.15. The standard InChI is InChI=1S/C15H27NO/c1-17-13-7-5-6-12(13)16-14-8-11-15(14)9-3-2-4-10-15/h12-14,16H,2-11H2,1H3. The summed E-state index contributed by atoms with van der Waals surface area (Å²) in [5.41, 5.74) is 0.694. The van der Waals surface area contributed by atoms with Gasteiger partial charge in [0.1, 0.15) is 0 Å². The summed E-state index contributed by atoms with van der Waals surface area (Å²) in [6.45, 7) is 0. The maximum atomic E-state index is 5.61. The predicted molar refractivity (Wildman–Crippen MR) is 70.1 cm³/mol. The lowest BCUT2D eigenvalue weighted by Crippen LogP contribution is -2.58. The van der Waals surface area contributed by atoms with Gasteiger partial charge in [-0.1, -0.05) is 19.3 Å². The van der Waals surface area contributed by atoms with Crippen molar-refractivity contribution in [3.05, 3.63) is 0 Å². The Morgan fingerprint density at radius 1 is 0.941 bits per heavy atom. The summed E-state index contributed by atoms with van der Waals surface area (Å²) in [7, 11) is 1.88. The molecule has 17 heavy (non-hydrogen) atoms. The molecule has 0 aromatic carbocycles. The lowest BCUT2D eigenvalue weighted by atomic mass is 9.57. The highest BCUT2D eigenvalue weighted by molar-refractivity contribution is 5.03. The molecule has 0 amide bonds. The van der Waals surface area contributed by atoms with E-state index < -0.39 is 0 Å². The molecule has 3 saturated carbocycles. The first-order valence-electron chi connectivity index (χ1n) is 7.63. The Morgan fingerprint density at radius 2 is 1.76 bits per heavy atom. The minimum Gasteiger partial charge on any atom is -0.380 e. The topological polar surface area (TPSA) is 21.3 Å². The molecule has 2 heteroatoms. The summed E-state index contributed by atoms with van der Waals surface area (Å²) >= 11 is 0. The van der Waals surface area contributed by atoms with Gasteiger partial charge in [0.15, 0.2) is 0 Å². The molecule has 0 aromatic heterocycles. The molecular formula is C15H27NO. The highest BCUT2D eigenvalue weighted by Crippen LogP contribution is 2.52. The lowest BCUT2D eigenvalue weighted by molar-refractivity contribution is -0.000551. The fourth-order valence-corrected chi connectivity index (χ4v) is 4.47. The van der Waals surface area contributed by atoms with E-state index in [2.05, 4.69) is 5.32 Å². The Bertz CT molecular complexity index is 260. The van der Waals surface area contributed by atoms with Crippen LogP contribution in [0.25, 0.3) is 0 Å². The van der Waals surface area contributed by atoms with E-state index in [1.54, 1.807) is 0 Å². The summed E-state index contributed by atoms with van der Waals surface area (Å²) in [6, 6.07) is 1.45. The van der Waals surface area contributed by atoms with Crippen molar-refractivity contribution in [1.29, 1.82) is 0 Å². The highest BCUT2D eigenvalue weighted by Gasteiger charge is 2.48. The Hall–Kier alpha value is -0.0800. The summed E-state index contributed by atoms with van der Waals surface area (Å²) in [5.74, 6) is 0. The van der Waals surface area contributed by atoms with E-state index >= 15 is 0 Å². The molecule has 3 aliphatic carbocycles. The molecule has 0 aliphatic heterocycles. The third-order valence-electron chi connectivity index (χ3n) is 5.69. The highest BCUT2D eigenvalue weighted by atomic mass is 16.5. The molecule has 0 heterocycles. The average Bonchev–Trinajstić information content (AvgIpc) is 2.83. The van der Waals surface area contributed by atoms with Crippen molar-refractivity contribution in [2.24, 2.45) is 5.41 Å². The largest absolute Gasteiger partial charge is 0.380 e. The number of hydrogen-bond donors (Lipinski definition) is 1. The zero-order valence-electron chi connectivity index (χ0n) is 11.2. The molecule has 3 rings (SSSR count). The molecule has 1 N–H and O–H groups in total. The van der Waals surface area contributed by atoms with Gasteiger partial charge in [-0.2, -0.15) is 0 Å². The van der Waals surface area contributed by atoms with Gasteiger partial charge in [-0.15, -0.1) is 0 Å². The number of nitrogens with one attached hydrogen (secondary N) is 1. The fourth-order valence-electron chi connectivity index (χ4n) is 4.47. The van der Waals surface area contributed by atoms with Gasteiger partial charge in [0, 0.05) is 19.2 Å². The molecule has 3 atom stereocenters. The zero-order chi connectivity index (χ0) is 11.7. The Kier molecular flexibility index (Phi) is 3.45. The molecular weight excluding hydrogens is 210 g/mol. The van der Waals surface area contributed by atoms with Crippen molar-refractivity contribution >= 4 is 0 Å². The van der Waals surface area contributed by atoms with Crippen molar-refractivity contribution < 1.29 is 4.74 Å². The minimum absolute atomic E-state index is 0.483. The Morgan fingerprint density at radius 3 is 2.41 bits per heavy atom. The Balaban J connectivity index is 1.58. The van der Waals surface area contributed by atoms with Crippen molar-refractivity contribution in [3.8, 4) is 0 Å². The van der Waals surface area contributed by atoms with Crippen LogP contribution in [0.3, 0.4) is 0 Å². The quantitative estimate of drug-likeness (QED) is 0.813. The fraction of sp³-hybridized carbons (Fsp3) is 1.00. The molecule has 98 valence electrons. The van der Waals surface area contributed by atoms with Crippen molar-refractivity contribution in [1.82, 2.24) is 5.32 Å². The van der Waals surface area contributed by atoms with E-state index in [0.29, 0.717) is 17.6 Å². The molecule has 3 aliphatic rings. The van der Waals surface area contributed by atoms with E-state index in [0.717, 1.165) is 6.04 Å². The summed E-state index contributed by atoms with van der Waals surface area (Å²) in [6.07, 6.45) is 14.7. The molecule has 1 spiro atoms. The maximum Gasteiger partial charge on any atom is 0.0724 e. The van der Waals surface area contributed by atoms with E-state index in [-0.39, 0.29) is 0 Å². The average molecular weight is 237 g/mol. The first-order valence-corrected chi connectivity index (χ1v) is 7.63. The van der Waals surface area contributed by atoms with Gasteiger partial charge in [-0.3, -0.25) is 0 Å². The SMILES string of the molecule is COC1CCCC1NC1CCC12CCCCC2. The maximum absolute atomic E-state index is 5.61. The third-order valence-corrected chi connectivity index (χ3v) is 5.69. The number of hydrogen-bond acceptors (Lipinski definition) is 2. The van der Waals surface area contributed by atoms with E-state index in [4.69, 9.17) is 4.74 Å².